The van der Waals surface area contributed by atoms with E-state index in [1.54, 1.807) is 23.9 Å². The Morgan fingerprint density at radius 2 is 1.44 bits per heavy atom. The van der Waals surface area contributed by atoms with Gasteiger partial charge in [-0.15, -0.1) is 11.8 Å². The van der Waals surface area contributed by atoms with Gasteiger partial charge in [0.2, 0.25) is 0 Å². The van der Waals surface area contributed by atoms with Gasteiger partial charge in [0.15, 0.2) is 0 Å². The number of nitrogens with one attached hydrogen (secondary N) is 2. The van der Waals surface area contributed by atoms with Crippen LogP contribution in [0.3, 0.4) is 0 Å². The standard InChI is InChI=1S/C45H50ClN7O2S2/c1-50(2)23-22-37(32-56-40-10-5-4-6-11-40)48-45-21-20-41(29-44(45)47)57(54,55)49-36-16-18-38(19-17-36)52-24-26-53(27-25-52)39-9-7-8-34(28-39)43-31-51(3)30-42(43)33-12-14-35(46)15-13-33/h4-21,28-31,37,48-49H,22-27,32,47H2,1-3H3/t37-/m1/s1. The SMILES string of the molecule is CN(C)CC[C@H](CSc1ccccc1)Nc1ccc(S(=O)(=O)Nc2ccc(N3CCN(c4cccc(-c5cn(C)cc5-c5ccc(Cl)cc5)c4)CC3)cc2)cc1N. The fourth-order valence-corrected chi connectivity index (χ4v) is 9.32. The number of nitrogens with zero attached hydrogens (tertiary/aromatic N) is 4. The van der Waals surface area contributed by atoms with Gasteiger partial charge in [0, 0.05) is 95.5 Å². The van der Waals surface area contributed by atoms with Crippen LogP contribution in [0.4, 0.5) is 28.4 Å². The molecule has 57 heavy (non-hydrogen) atoms. The number of benzene rings is 5. The first kappa shape index (κ1) is 40.1. The highest BCUT2D eigenvalue weighted by molar-refractivity contribution is 7.99. The molecule has 1 aliphatic heterocycles. The molecule has 1 atom stereocenters. The Kier molecular flexibility index (Phi) is 12.7. The van der Waals surface area contributed by atoms with E-state index in [1.165, 1.54) is 33.3 Å². The van der Waals surface area contributed by atoms with Crippen LogP contribution < -0.4 is 25.6 Å². The maximum Gasteiger partial charge on any atom is 0.261 e. The summed E-state index contributed by atoms with van der Waals surface area (Å²) in [5.74, 6) is 0.848. The number of nitrogens with two attached hydrogens (primary N) is 1. The van der Waals surface area contributed by atoms with Crippen molar-refractivity contribution in [3.8, 4) is 22.3 Å². The molecule has 9 nitrogen and oxygen atoms in total. The molecule has 6 aromatic rings. The van der Waals surface area contributed by atoms with E-state index < -0.39 is 10.0 Å². The van der Waals surface area contributed by atoms with Crippen molar-refractivity contribution in [3.63, 3.8) is 0 Å². The Morgan fingerprint density at radius 3 is 2.11 bits per heavy atom. The summed E-state index contributed by atoms with van der Waals surface area (Å²) in [7, 11) is 2.31. The number of thioether (sulfide) groups is 1. The predicted molar refractivity (Wildman–Crippen MR) is 242 cm³/mol. The molecule has 0 unspecified atom stereocenters. The average molecular weight is 821 g/mol. The lowest BCUT2D eigenvalue weighted by Gasteiger charge is -2.37. The molecule has 296 valence electrons. The lowest BCUT2D eigenvalue weighted by molar-refractivity contribution is 0.391. The van der Waals surface area contributed by atoms with Crippen LogP contribution in [0.5, 0.6) is 0 Å². The molecule has 0 saturated carbocycles. The molecule has 0 radical (unpaired) electrons. The van der Waals surface area contributed by atoms with Crippen molar-refractivity contribution in [1.82, 2.24) is 9.47 Å². The average Bonchev–Trinajstić information content (AvgIpc) is 3.61. The molecule has 1 fully saturated rings. The number of halogens is 1. The molecule has 12 heteroatoms. The van der Waals surface area contributed by atoms with Crippen LogP contribution in [-0.4, -0.2) is 76.5 Å². The van der Waals surface area contributed by atoms with E-state index in [2.05, 4.69) is 111 Å². The topological polar surface area (TPSA) is 98.9 Å². The van der Waals surface area contributed by atoms with Crippen molar-refractivity contribution >= 4 is 61.8 Å². The van der Waals surface area contributed by atoms with E-state index in [0.717, 1.165) is 66.9 Å². The van der Waals surface area contributed by atoms with E-state index in [-0.39, 0.29) is 10.9 Å². The summed E-state index contributed by atoms with van der Waals surface area (Å²) in [6.45, 7) is 4.33. The zero-order chi connectivity index (χ0) is 39.9. The minimum Gasteiger partial charge on any atom is -0.397 e. The molecular weight excluding hydrogens is 770 g/mol. The quantitative estimate of drug-likeness (QED) is 0.0697. The molecule has 0 amide bonds. The summed E-state index contributed by atoms with van der Waals surface area (Å²) in [6.07, 6.45) is 5.24. The van der Waals surface area contributed by atoms with Gasteiger partial charge in [-0.05, 0) is 117 Å². The molecule has 4 N–H and O–H groups in total. The normalized spacial score (nSPS) is 13.8. The van der Waals surface area contributed by atoms with E-state index in [0.29, 0.717) is 11.4 Å². The van der Waals surface area contributed by atoms with Crippen molar-refractivity contribution in [2.45, 2.75) is 22.3 Å². The number of aryl methyl sites for hydroxylation is 1. The molecule has 0 spiro atoms. The Labute approximate surface area is 346 Å². The maximum atomic E-state index is 13.5. The van der Waals surface area contributed by atoms with Crippen molar-refractivity contribution in [2.75, 3.05) is 78.1 Å². The smallest absolute Gasteiger partial charge is 0.261 e. The second-order valence-electron chi connectivity index (χ2n) is 14.7. The second-order valence-corrected chi connectivity index (χ2v) is 18.0. The summed E-state index contributed by atoms with van der Waals surface area (Å²) in [6, 6.07) is 39.7. The molecule has 0 aliphatic carbocycles. The Balaban J connectivity index is 0.952. The van der Waals surface area contributed by atoms with Gasteiger partial charge in [-0.2, -0.15) is 0 Å². The van der Waals surface area contributed by atoms with Crippen molar-refractivity contribution in [1.29, 1.82) is 0 Å². The van der Waals surface area contributed by atoms with Gasteiger partial charge in [0.1, 0.15) is 0 Å². The summed E-state index contributed by atoms with van der Waals surface area (Å²) < 4.78 is 31.8. The number of hydrogen-bond donors (Lipinski definition) is 3. The first-order valence-corrected chi connectivity index (χ1v) is 22.0. The van der Waals surface area contributed by atoms with Gasteiger partial charge in [0.25, 0.3) is 10.0 Å². The van der Waals surface area contributed by atoms with Crippen LogP contribution in [-0.2, 0) is 17.1 Å². The molecule has 2 heterocycles. The van der Waals surface area contributed by atoms with Gasteiger partial charge in [-0.1, -0.05) is 54.1 Å². The van der Waals surface area contributed by atoms with E-state index in [9.17, 15) is 8.42 Å². The Bertz CT molecular complexity index is 2360. The highest BCUT2D eigenvalue weighted by atomic mass is 35.5. The summed E-state index contributed by atoms with van der Waals surface area (Å²) in [4.78, 5) is 8.24. The third-order valence-corrected chi connectivity index (χ3v) is 13.0. The first-order valence-electron chi connectivity index (χ1n) is 19.1. The van der Waals surface area contributed by atoms with Gasteiger partial charge >= 0.3 is 0 Å². The summed E-state index contributed by atoms with van der Waals surface area (Å²) >= 11 is 7.96. The van der Waals surface area contributed by atoms with Crippen molar-refractivity contribution in [2.24, 2.45) is 7.05 Å². The number of aromatic nitrogens is 1. The first-order chi connectivity index (χ1) is 27.5. The molecule has 0 bridgehead atoms. The van der Waals surface area contributed by atoms with Gasteiger partial charge in [-0.25, -0.2) is 8.42 Å². The fourth-order valence-electron chi connectivity index (χ4n) is 7.10. The van der Waals surface area contributed by atoms with Crippen LogP contribution in [0, 0.1) is 0 Å². The number of sulfonamides is 1. The van der Waals surface area contributed by atoms with Crippen molar-refractivity contribution < 1.29 is 8.42 Å². The van der Waals surface area contributed by atoms with Crippen LogP contribution in [0.1, 0.15) is 6.42 Å². The predicted octanol–water partition coefficient (Wildman–Crippen LogP) is 9.25. The van der Waals surface area contributed by atoms with E-state index in [4.69, 9.17) is 17.3 Å². The van der Waals surface area contributed by atoms with Crippen LogP contribution in [0.25, 0.3) is 22.3 Å². The highest BCUT2D eigenvalue weighted by Gasteiger charge is 2.21. The zero-order valence-electron chi connectivity index (χ0n) is 32.6. The third-order valence-electron chi connectivity index (χ3n) is 10.2. The van der Waals surface area contributed by atoms with Gasteiger partial charge in [0.05, 0.1) is 16.3 Å². The van der Waals surface area contributed by atoms with E-state index in [1.807, 2.05) is 54.6 Å². The molecule has 5 aromatic carbocycles. The number of anilines is 5. The second kappa shape index (κ2) is 18.0. The lowest BCUT2D eigenvalue weighted by atomic mass is 9.98. The van der Waals surface area contributed by atoms with Crippen LogP contribution >= 0.6 is 23.4 Å². The number of rotatable bonds is 15. The fraction of sp³-hybridized carbons (Fsp3) is 0.244. The van der Waals surface area contributed by atoms with Gasteiger partial charge in [-0.3, -0.25) is 4.72 Å². The maximum absolute atomic E-state index is 13.5. The number of nitrogen functional groups attached to an aromatic ring is 1. The Morgan fingerprint density at radius 1 is 0.772 bits per heavy atom. The highest BCUT2D eigenvalue weighted by Crippen LogP contribution is 2.36. The molecular formula is C45H50ClN7O2S2. The molecule has 1 saturated heterocycles. The van der Waals surface area contributed by atoms with Crippen LogP contribution in [0.2, 0.25) is 5.02 Å². The minimum atomic E-state index is -3.86. The monoisotopic (exact) mass is 819 g/mol. The summed E-state index contributed by atoms with van der Waals surface area (Å²) in [5, 5.41) is 4.30. The molecule has 1 aromatic heterocycles. The van der Waals surface area contributed by atoms with Crippen molar-refractivity contribution in [3.05, 3.63) is 139 Å². The van der Waals surface area contributed by atoms with E-state index >= 15 is 0 Å². The molecule has 1 aliphatic rings. The largest absolute Gasteiger partial charge is 0.397 e. The number of hydrogen-bond acceptors (Lipinski definition) is 8. The van der Waals surface area contributed by atoms with Crippen LogP contribution in [0.15, 0.2) is 144 Å². The Hall–Kier alpha value is -5.07. The molecule has 7 rings (SSSR count). The zero-order valence-corrected chi connectivity index (χ0v) is 35.0. The minimum absolute atomic E-state index is 0.117. The number of piperazine rings is 1. The third kappa shape index (κ3) is 10.3. The lowest BCUT2D eigenvalue weighted by Crippen LogP contribution is -2.46. The van der Waals surface area contributed by atoms with Gasteiger partial charge < -0.3 is 30.3 Å². The summed E-state index contributed by atoms with van der Waals surface area (Å²) in [5.41, 5.74) is 15.0.